The molecule has 0 aromatic heterocycles. The summed E-state index contributed by atoms with van der Waals surface area (Å²) in [5.41, 5.74) is 1.09. The summed E-state index contributed by atoms with van der Waals surface area (Å²) in [4.78, 5) is 91.5. The van der Waals surface area contributed by atoms with Gasteiger partial charge in [-0.1, -0.05) is 24.3 Å². The molecule has 40 nitrogen and oxygen atoms in total. The van der Waals surface area contributed by atoms with Crippen LogP contribution in [0.25, 0.3) is 24.3 Å². The van der Waals surface area contributed by atoms with Gasteiger partial charge in [-0.05, 0) is 36.4 Å². The van der Waals surface area contributed by atoms with Crippen LogP contribution < -0.4 is 28.4 Å². The minimum atomic E-state index is -1.10. The van der Waals surface area contributed by atoms with Crippen LogP contribution in [-0.2, 0) is 143 Å². The van der Waals surface area contributed by atoms with Gasteiger partial charge >= 0.3 is 11.9 Å². The summed E-state index contributed by atoms with van der Waals surface area (Å²) in [6.45, 7) is 12.1. The SMILES string of the molecule is COCCOCCOCCOCCOc1cc(/C=C/c2cc(OCCOCCOCCOCCOC)c(C(=O)ON3C(=O)CCC3=O)cc2OCCOCCOCCOCCOC)c(OCCOCCOCCOCCOC)cc1/C=C/c1cc(OCCOCCOCCOCCOC)c(C(=O)ON2C(=O)CCC2=O)cc1OCCOCCOCCOCCOC. The molecule has 0 unspecified atom stereocenters. The Hall–Kier alpha value is -7.80. The molecule has 714 valence electrons. The number of hydroxylamine groups is 4. The molecule has 2 heterocycles. The number of methoxy groups -OCH3 is 6. The lowest BCUT2D eigenvalue weighted by Crippen LogP contribution is -2.32. The number of carbonyl (C=O) groups excluding carboxylic acids is 6. The van der Waals surface area contributed by atoms with Crippen LogP contribution in [0.15, 0.2) is 36.4 Å². The molecule has 0 bridgehead atoms. The van der Waals surface area contributed by atoms with E-state index in [4.69, 9.17) is 152 Å². The zero-order chi connectivity index (χ0) is 90.0. The maximum atomic E-state index is 14.4. The van der Waals surface area contributed by atoms with Crippen molar-refractivity contribution in [1.82, 2.24) is 10.1 Å². The summed E-state index contributed by atoms with van der Waals surface area (Å²) >= 11 is 0. The van der Waals surface area contributed by atoms with Crippen molar-refractivity contribution in [2.24, 2.45) is 0 Å². The van der Waals surface area contributed by atoms with Crippen LogP contribution in [0.5, 0.6) is 34.5 Å². The second-order valence-electron chi connectivity index (χ2n) is 26.4. The third-order valence-electron chi connectivity index (χ3n) is 17.0. The second kappa shape index (κ2) is 74.0. The van der Waals surface area contributed by atoms with Crippen LogP contribution in [0.4, 0.5) is 0 Å². The first-order valence-corrected chi connectivity index (χ1v) is 42.1. The topological polar surface area (TPSA) is 404 Å². The Morgan fingerprint density at radius 1 is 0.214 bits per heavy atom. The fourth-order valence-corrected chi connectivity index (χ4v) is 10.6. The number of carbonyl (C=O) groups is 6. The third kappa shape index (κ3) is 49.7. The van der Waals surface area contributed by atoms with Gasteiger partial charge in [0.05, 0.1) is 277 Å². The number of nitrogens with zero attached hydrogens (tertiary/aromatic N) is 2. The van der Waals surface area contributed by atoms with Crippen molar-refractivity contribution >= 4 is 59.9 Å². The zero-order valence-electron chi connectivity index (χ0n) is 74.0. The molecular formula is C86H132N2O38. The molecule has 2 aliphatic heterocycles. The number of imide groups is 2. The summed E-state index contributed by atoms with van der Waals surface area (Å²) in [6, 6.07) is 9.27. The second-order valence-corrected chi connectivity index (χ2v) is 26.4. The van der Waals surface area contributed by atoms with Crippen molar-refractivity contribution in [1.29, 1.82) is 0 Å². The van der Waals surface area contributed by atoms with Crippen molar-refractivity contribution in [3.05, 3.63) is 69.8 Å². The summed E-state index contributed by atoms with van der Waals surface area (Å²) in [6.07, 6.45) is 6.16. The van der Waals surface area contributed by atoms with Crippen molar-refractivity contribution < 1.29 is 181 Å². The van der Waals surface area contributed by atoms with Crippen molar-refractivity contribution in [2.45, 2.75) is 25.7 Å². The van der Waals surface area contributed by atoms with Gasteiger partial charge in [-0.25, -0.2) is 9.59 Å². The first-order chi connectivity index (χ1) is 62.0. The minimum absolute atomic E-state index is 0.00121. The average Bonchev–Trinajstić information content (AvgIpc) is 0.865. The average molecular weight is 1800 g/mol. The maximum Gasteiger partial charge on any atom is 0.367 e. The molecule has 4 amide bonds. The van der Waals surface area contributed by atoms with E-state index >= 15 is 0 Å². The predicted octanol–water partition coefficient (Wildman–Crippen LogP) is 4.92. The van der Waals surface area contributed by atoms with Gasteiger partial charge in [0.2, 0.25) is 0 Å². The van der Waals surface area contributed by atoms with Crippen molar-refractivity contribution in [3.8, 4) is 34.5 Å². The standard InChI is InChI=1S/C86H132N2O38/c1-95-15-21-101-27-33-107-39-45-113-51-57-119-75-63-70(8-10-72-66-80(124-62-56-118-50-44-112-38-32-106-26-20-100-6)74(86(94)126-88-83(91)13-14-84(88)92)68-78(72)122-60-54-116-48-42-110-36-30-104-24-18-98-4)76(120-58-52-114-46-40-108-34-28-102-22-16-96-2)64-69(75)7-9-71-65-79(123-61-55-117-49-43-111-37-31-105-25-19-99-5)73(85(93)125-87-81(89)11-12-82(87)90)67-77(71)121-59-53-115-47-41-109-35-29-103-23-17-97-3/h7-10,63-68H,11-62H2,1-6H3/b9-7+,10-8+. The molecule has 0 spiro atoms. The highest BCUT2D eigenvalue weighted by atomic mass is 16.7. The van der Waals surface area contributed by atoms with Gasteiger partial charge < -0.3 is 152 Å². The third-order valence-corrected chi connectivity index (χ3v) is 17.0. The predicted molar refractivity (Wildman–Crippen MR) is 449 cm³/mol. The minimum Gasteiger partial charge on any atom is -0.491 e. The van der Waals surface area contributed by atoms with E-state index in [0.717, 1.165) is 0 Å². The lowest BCUT2D eigenvalue weighted by molar-refractivity contribution is -0.173. The number of rotatable bonds is 86. The van der Waals surface area contributed by atoms with Gasteiger partial charge in [-0.3, -0.25) is 19.2 Å². The molecule has 126 heavy (non-hydrogen) atoms. The highest BCUT2D eigenvalue weighted by molar-refractivity contribution is 6.04. The van der Waals surface area contributed by atoms with E-state index in [1.165, 1.54) is 24.3 Å². The number of hydrogen-bond donors (Lipinski definition) is 0. The number of ether oxygens (including phenoxy) is 30. The smallest absolute Gasteiger partial charge is 0.367 e. The molecule has 2 fully saturated rings. The van der Waals surface area contributed by atoms with Crippen LogP contribution in [0.3, 0.4) is 0 Å². The highest BCUT2D eigenvalue weighted by Crippen LogP contribution is 2.38. The van der Waals surface area contributed by atoms with E-state index in [-0.39, 0.29) is 230 Å². The summed E-state index contributed by atoms with van der Waals surface area (Å²) in [7, 11) is 9.53. The first kappa shape index (κ1) is 109. The molecule has 2 aliphatic rings. The first-order valence-electron chi connectivity index (χ1n) is 42.1. The number of hydrogen-bond acceptors (Lipinski definition) is 38. The van der Waals surface area contributed by atoms with E-state index in [1.54, 1.807) is 79.1 Å². The maximum absolute atomic E-state index is 14.4. The van der Waals surface area contributed by atoms with Crippen LogP contribution >= 0.6 is 0 Å². The largest absolute Gasteiger partial charge is 0.491 e. The molecule has 5 rings (SSSR count). The van der Waals surface area contributed by atoms with E-state index in [1.807, 2.05) is 0 Å². The molecule has 0 aliphatic carbocycles. The van der Waals surface area contributed by atoms with E-state index in [2.05, 4.69) is 0 Å². The van der Waals surface area contributed by atoms with Crippen LogP contribution in [0.1, 0.15) is 68.7 Å². The van der Waals surface area contributed by atoms with Gasteiger partial charge in [0.25, 0.3) is 23.6 Å². The van der Waals surface area contributed by atoms with Crippen LogP contribution in [-0.4, -0.2) is 405 Å². The Kier molecular flexibility index (Phi) is 63.9. The van der Waals surface area contributed by atoms with Gasteiger partial charge in [-0.15, -0.1) is 10.1 Å². The van der Waals surface area contributed by atoms with Gasteiger partial charge in [0, 0.05) is 90.6 Å². The summed E-state index contributed by atoms with van der Waals surface area (Å²) < 4.78 is 172. The molecular weight excluding hydrogens is 1670 g/mol. The zero-order valence-corrected chi connectivity index (χ0v) is 74.0. The normalized spacial score (nSPS) is 13.0. The van der Waals surface area contributed by atoms with Crippen LogP contribution in [0.2, 0.25) is 0 Å². The van der Waals surface area contributed by atoms with Gasteiger partial charge in [0.15, 0.2) is 0 Å². The molecule has 3 aromatic carbocycles. The van der Waals surface area contributed by atoms with Crippen LogP contribution in [0, 0.1) is 0 Å². The van der Waals surface area contributed by atoms with E-state index in [9.17, 15) is 28.8 Å². The molecule has 2 saturated heterocycles. The fourth-order valence-electron chi connectivity index (χ4n) is 10.6. The Morgan fingerprint density at radius 2 is 0.357 bits per heavy atom. The molecule has 0 radical (unpaired) electrons. The number of benzene rings is 3. The Morgan fingerprint density at radius 3 is 0.532 bits per heavy atom. The summed E-state index contributed by atoms with van der Waals surface area (Å²) in [5.74, 6) is -4.34. The summed E-state index contributed by atoms with van der Waals surface area (Å²) in [5, 5.41) is 0.866. The molecule has 0 saturated carbocycles. The quantitative estimate of drug-likeness (QED) is 0.0411. The molecule has 0 N–H and O–H groups in total. The molecule has 0 atom stereocenters. The van der Waals surface area contributed by atoms with Gasteiger partial charge in [-0.2, -0.15) is 0 Å². The van der Waals surface area contributed by atoms with E-state index < -0.39 is 35.6 Å². The van der Waals surface area contributed by atoms with Gasteiger partial charge in [0.1, 0.15) is 85.3 Å². The molecule has 3 aromatic rings. The van der Waals surface area contributed by atoms with Crippen molar-refractivity contribution in [2.75, 3.05) is 360 Å². The molecule has 40 heteroatoms. The highest BCUT2D eigenvalue weighted by Gasteiger charge is 2.36. The lowest BCUT2D eigenvalue weighted by Gasteiger charge is -2.19. The Balaban J connectivity index is 1.65. The lowest BCUT2D eigenvalue weighted by atomic mass is 10.0. The number of amides is 4. The monoisotopic (exact) mass is 1800 g/mol. The fraction of sp³-hybridized carbons (Fsp3) is 0.674. The Bertz CT molecular complexity index is 3190. The van der Waals surface area contributed by atoms with Crippen molar-refractivity contribution in [3.63, 3.8) is 0 Å². The van der Waals surface area contributed by atoms with E-state index in [0.29, 0.717) is 191 Å². The Labute approximate surface area is 737 Å².